The van der Waals surface area contributed by atoms with Crippen molar-refractivity contribution in [3.8, 4) is 5.75 Å². The summed E-state index contributed by atoms with van der Waals surface area (Å²) in [4.78, 5) is 64.0. The molecule has 28 heavy (non-hydrogen) atoms. The maximum Gasteiger partial charge on any atom is 0.287 e. The first-order valence-electron chi connectivity index (χ1n) is 7.84. The van der Waals surface area contributed by atoms with E-state index in [-0.39, 0.29) is 19.1 Å². The number of nitrogens with zero attached hydrogens (tertiary/aromatic N) is 1. The zero-order valence-electron chi connectivity index (χ0n) is 14.2. The Morgan fingerprint density at radius 3 is 2.61 bits per heavy atom. The van der Waals surface area contributed by atoms with E-state index in [1.807, 2.05) is 0 Å². The molecule has 0 aliphatic carbocycles. The highest BCUT2D eigenvalue weighted by atomic mass is 16.5. The van der Waals surface area contributed by atoms with Crippen LogP contribution in [-0.4, -0.2) is 40.2 Å². The van der Waals surface area contributed by atoms with Crippen molar-refractivity contribution in [2.24, 2.45) is 11.5 Å². The third kappa shape index (κ3) is 3.65. The highest BCUT2D eigenvalue weighted by Gasteiger charge is 2.23. The van der Waals surface area contributed by atoms with E-state index in [0.29, 0.717) is 17.0 Å². The predicted octanol–water partition coefficient (Wildman–Crippen LogP) is -1.77. The first kappa shape index (κ1) is 18.6. The Morgan fingerprint density at radius 2 is 1.93 bits per heavy atom. The van der Waals surface area contributed by atoms with Crippen LogP contribution < -0.4 is 32.4 Å². The number of H-pyrrole nitrogens is 1. The smallest absolute Gasteiger partial charge is 0.287 e. The number of hydrogen-bond donors (Lipinski definition) is 5. The number of nitrogens with one attached hydrogen (secondary N) is 3. The van der Waals surface area contributed by atoms with E-state index in [1.165, 1.54) is 0 Å². The molecule has 1 aliphatic rings. The Hall–Kier alpha value is -4.22. The topological polar surface area (TPSA) is 199 Å². The number of rotatable bonds is 5. The molecule has 0 saturated heterocycles. The van der Waals surface area contributed by atoms with Gasteiger partial charge in [0.15, 0.2) is 12.4 Å². The van der Waals surface area contributed by atoms with Crippen LogP contribution in [0.25, 0.3) is 0 Å². The molecular weight excluding hydrogens is 372 g/mol. The van der Waals surface area contributed by atoms with Gasteiger partial charge in [0.1, 0.15) is 17.0 Å². The molecule has 1 aliphatic heterocycles. The lowest BCUT2D eigenvalue weighted by Gasteiger charge is -2.18. The molecule has 0 radical (unpaired) electrons. The fraction of sp³-hybridized carbons (Fsp3) is 0.125. The first-order valence-corrected chi connectivity index (χ1v) is 7.84. The van der Waals surface area contributed by atoms with Crippen molar-refractivity contribution in [2.45, 2.75) is 6.54 Å². The lowest BCUT2D eigenvalue weighted by Crippen LogP contribution is -2.35. The molecular formula is C16H14N6O6. The lowest BCUT2D eigenvalue weighted by molar-refractivity contribution is -0.118. The average Bonchev–Trinajstić information content (AvgIpc) is 2.64. The molecule has 0 saturated carbocycles. The van der Waals surface area contributed by atoms with Gasteiger partial charge in [-0.2, -0.15) is 0 Å². The average molecular weight is 386 g/mol. The van der Waals surface area contributed by atoms with Gasteiger partial charge in [-0.1, -0.05) is 6.07 Å². The summed E-state index contributed by atoms with van der Waals surface area (Å²) in [5, 5.41) is 5.11. The highest BCUT2D eigenvalue weighted by molar-refractivity contribution is 6.05. The standard InChI is InChI=1S/C16H14N6O6/c17-12(24)10-11(13(18)25)21-14(22-15(10)26)16(27)19-4-6-1-2-8-7(3-6)20-9(23)5-28-8/h1-3H,4-5H2,(H2,17,24)(H2,18,25)(H,19,27)(H,20,23)(H,21,22,26). The van der Waals surface area contributed by atoms with Crippen LogP contribution in [-0.2, 0) is 11.3 Å². The summed E-state index contributed by atoms with van der Waals surface area (Å²) in [7, 11) is 0. The number of hydrogen-bond acceptors (Lipinski definition) is 7. The molecule has 0 atom stereocenters. The number of ether oxygens (including phenoxy) is 1. The molecule has 7 N–H and O–H groups in total. The predicted molar refractivity (Wildman–Crippen MR) is 93.6 cm³/mol. The van der Waals surface area contributed by atoms with E-state index in [2.05, 4.69) is 20.6 Å². The molecule has 0 unspecified atom stereocenters. The van der Waals surface area contributed by atoms with Gasteiger partial charge >= 0.3 is 0 Å². The molecule has 2 aromatic rings. The van der Waals surface area contributed by atoms with E-state index in [1.54, 1.807) is 18.2 Å². The van der Waals surface area contributed by atoms with Crippen molar-refractivity contribution in [3.63, 3.8) is 0 Å². The van der Waals surface area contributed by atoms with Crippen LogP contribution in [0.15, 0.2) is 23.0 Å². The van der Waals surface area contributed by atoms with Crippen LogP contribution in [0, 0.1) is 0 Å². The van der Waals surface area contributed by atoms with Crippen LogP contribution >= 0.6 is 0 Å². The van der Waals surface area contributed by atoms with Crippen molar-refractivity contribution in [1.29, 1.82) is 0 Å². The number of benzene rings is 1. The largest absolute Gasteiger partial charge is 0.482 e. The number of anilines is 1. The number of amides is 4. The molecule has 0 spiro atoms. The maximum atomic E-state index is 12.3. The summed E-state index contributed by atoms with van der Waals surface area (Å²) in [5.41, 5.74) is 8.71. The van der Waals surface area contributed by atoms with E-state index < -0.39 is 40.4 Å². The molecule has 12 heteroatoms. The van der Waals surface area contributed by atoms with Gasteiger partial charge in [-0.15, -0.1) is 0 Å². The van der Waals surface area contributed by atoms with E-state index in [4.69, 9.17) is 16.2 Å². The summed E-state index contributed by atoms with van der Waals surface area (Å²) in [6.45, 7) is -0.0687. The van der Waals surface area contributed by atoms with Gasteiger partial charge in [-0.3, -0.25) is 24.0 Å². The minimum absolute atomic E-state index is 0.00910. The number of aromatic amines is 1. The van der Waals surface area contributed by atoms with Crippen LogP contribution in [0.5, 0.6) is 5.75 Å². The molecule has 12 nitrogen and oxygen atoms in total. The second kappa shape index (κ2) is 7.19. The molecule has 1 aromatic carbocycles. The normalized spacial score (nSPS) is 12.4. The lowest BCUT2D eigenvalue weighted by atomic mass is 10.1. The summed E-state index contributed by atoms with van der Waals surface area (Å²) in [5.74, 6) is -3.53. The minimum Gasteiger partial charge on any atom is -0.482 e. The highest BCUT2D eigenvalue weighted by Crippen LogP contribution is 2.28. The number of aromatic nitrogens is 2. The number of primary amides is 2. The zero-order chi connectivity index (χ0) is 20.4. The minimum atomic E-state index is -1.20. The van der Waals surface area contributed by atoms with Gasteiger partial charge in [-0.05, 0) is 17.7 Å². The van der Waals surface area contributed by atoms with Gasteiger partial charge in [0.2, 0.25) is 0 Å². The van der Waals surface area contributed by atoms with Crippen molar-refractivity contribution in [1.82, 2.24) is 15.3 Å². The Kier molecular flexibility index (Phi) is 4.76. The molecule has 1 aromatic heterocycles. The first-order chi connectivity index (χ1) is 13.3. The third-order valence-electron chi connectivity index (χ3n) is 3.74. The number of nitrogens with two attached hydrogens (primary N) is 2. The summed E-state index contributed by atoms with van der Waals surface area (Å²) in [6, 6.07) is 4.90. The van der Waals surface area contributed by atoms with Gasteiger partial charge in [-0.25, -0.2) is 4.98 Å². The van der Waals surface area contributed by atoms with Crippen molar-refractivity contribution in [2.75, 3.05) is 11.9 Å². The van der Waals surface area contributed by atoms with Crippen LogP contribution in [0.1, 0.15) is 37.0 Å². The van der Waals surface area contributed by atoms with Crippen molar-refractivity contribution in [3.05, 3.63) is 51.2 Å². The van der Waals surface area contributed by atoms with Gasteiger partial charge in [0.05, 0.1) is 5.69 Å². The Balaban J connectivity index is 1.80. The Labute approximate surface area is 156 Å². The second-order valence-electron chi connectivity index (χ2n) is 5.72. The van der Waals surface area contributed by atoms with Crippen LogP contribution in [0.2, 0.25) is 0 Å². The molecule has 144 valence electrons. The quantitative estimate of drug-likeness (QED) is 0.400. The van der Waals surface area contributed by atoms with Crippen molar-refractivity contribution >= 4 is 29.3 Å². The van der Waals surface area contributed by atoms with E-state index in [9.17, 15) is 24.0 Å². The number of carbonyl (C=O) groups is 4. The van der Waals surface area contributed by atoms with Gasteiger partial charge in [0.25, 0.3) is 29.2 Å². The SMILES string of the molecule is NC(=O)c1nc(C(=O)NCc2ccc3c(c2)NC(=O)CO3)[nH]c(=O)c1C(N)=O. The zero-order valence-corrected chi connectivity index (χ0v) is 14.2. The molecule has 0 bridgehead atoms. The second-order valence-corrected chi connectivity index (χ2v) is 5.72. The summed E-state index contributed by atoms with van der Waals surface area (Å²) in [6.07, 6.45) is 0. The molecule has 2 heterocycles. The van der Waals surface area contributed by atoms with E-state index >= 15 is 0 Å². The van der Waals surface area contributed by atoms with Crippen molar-refractivity contribution < 1.29 is 23.9 Å². The molecule has 0 fully saturated rings. The third-order valence-corrected chi connectivity index (χ3v) is 3.74. The number of fused-ring (bicyclic) bond motifs is 1. The monoisotopic (exact) mass is 386 g/mol. The van der Waals surface area contributed by atoms with Gasteiger partial charge < -0.3 is 31.8 Å². The molecule has 4 amide bonds. The fourth-order valence-corrected chi connectivity index (χ4v) is 2.49. The van der Waals surface area contributed by atoms with Crippen LogP contribution in [0.4, 0.5) is 5.69 Å². The Morgan fingerprint density at radius 1 is 1.18 bits per heavy atom. The fourth-order valence-electron chi connectivity index (χ4n) is 2.49. The molecule has 3 rings (SSSR count). The maximum absolute atomic E-state index is 12.3. The summed E-state index contributed by atoms with van der Waals surface area (Å²) < 4.78 is 5.23. The Bertz CT molecular complexity index is 1080. The number of carbonyl (C=O) groups excluding carboxylic acids is 4. The summed E-state index contributed by atoms with van der Waals surface area (Å²) >= 11 is 0. The van der Waals surface area contributed by atoms with E-state index in [0.717, 1.165) is 0 Å². The van der Waals surface area contributed by atoms with Crippen LogP contribution in [0.3, 0.4) is 0 Å². The van der Waals surface area contributed by atoms with Gasteiger partial charge in [0, 0.05) is 6.54 Å².